The molecule has 0 aromatic rings. The van der Waals surface area contributed by atoms with Crippen LogP contribution < -0.4 is 0 Å². The van der Waals surface area contributed by atoms with Crippen LogP contribution in [0.5, 0.6) is 0 Å². The van der Waals surface area contributed by atoms with Crippen molar-refractivity contribution in [2.24, 2.45) is 11.0 Å². The first-order chi connectivity index (χ1) is 7.29. The summed E-state index contributed by atoms with van der Waals surface area (Å²) in [5.74, 6) is 0.195. The van der Waals surface area contributed by atoms with E-state index in [-0.39, 0.29) is 5.92 Å². The largest absolute Gasteiger partial charge is 0.465 e. The van der Waals surface area contributed by atoms with Crippen molar-refractivity contribution in [2.75, 3.05) is 13.1 Å². The lowest BCUT2D eigenvalue weighted by molar-refractivity contribution is 0.0968. The topological polar surface area (TPSA) is 89.3 Å². The lowest BCUT2D eigenvalue weighted by atomic mass is 10.0. The average Bonchev–Trinajstić information content (AvgIpc) is 2.12. The third kappa shape index (κ3) is 5.46. The van der Waals surface area contributed by atoms with Gasteiger partial charge in [-0.05, 0) is 38.6 Å². The van der Waals surface area contributed by atoms with Crippen LogP contribution in [0.15, 0.2) is 5.11 Å². The number of rotatable bonds is 5. The highest BCUT2D eigenvalue weighted by Gasteiger charge is 2.25. The predicted molar refractivity (Wildman–Crippen MR) is 62.3 cm³/mol. The highest BCUT2D eigenvalue weighted by Crippen LogP contribution is 2.15. The van der Waals surface area contributed by atoms with Gasteiger partial charge in [-0.2, -0.15) is 0 Å². The SMILES string of the molecule is C[C@H](CCN(C(=O)O)C(C)(C)C)CN=[N+]=[N-]. The molecular weight excluding hydrogens is 208 g/mol. The van der Waals surface area contributed by atoms with E-state index in [1.54, 1.807) is 0 Å². The van der Waals surface area contributed by atoms with Crippen LogP contribution in [0.3, 0.4) is 0 Å². The van der Waals surface area contributed by atoms with Gasteiger partial charge < -0.3 is 10.0 Å². The molecule has 0 aliphatic carbocycles. The normalized spacial score (nSPS) is 12.8. The second-order valence-electron chi connectivity index (χ2n) is 4.91. The van der Waals surface area contributed by atoms with E-state index in [1.165, 1.54) is 4.90 Å². The summed E-state index contributed by atoms with van der Waals surface area (Å²) in [4.78, 5) is 15.1. The standard InChI is InChI=1S/C10H20N4O2/c1-8(7-12-13-11)5-6-14(9(15)16)10(2,3)4/h8H,5-7H2,1-4H3,(H,15,16)/t8-/m1/s1. The molecule has 0 aliphatic rings. The van der Waals surface area contributed by atoms with Crippen LogP contribution in [-0.4, -0.2) is 34.7 Å². The molecule has 0 aromatic heterocycles. The van der Waals surface area contributed by atoms with Crippen molar-refractivity contribution in [3.8, 4) is 0 Å². The quantitative estimate of drug-likeness (QED) is 0.445. The van der Waals surface area contributed by atoms with Crippen molar-refractivity contribution >= 4 is 6.09 Å². The number of hydrogen-bond acceptors (Lipinski definition) is 2. The van der Waals surface area contributed by atoms with Crippen molar-refractivity contribution in [3.63, 3.8) is 0 Å². The van der Waals surface area contributed by atoms with E-state index in [2.05, 4.69) is 10.0 Å². The van der Waals surface area contributed by atoms with Crippen LogP contribution >= 0.6 is 0 Å². The Balaban J connectivity index is 4.23. The molecule has 6 nitrogen and oxygen atoms in total. The minimum absolute atomic E-state index is 0.195. The highest BCUT2D eigenvalue weighted by atomic mass is 16.4. The Labute approximate surface area is 95.9 Å². The first kappa shape index (κ1) is 14.6. The van der Waals surface area contributed by atoms with E-state index in [0.717, 1.165) is 0 Å². The van der Waals surface area contributed by atoms with E-state index in [4.69, 9.17) is 10.6 Å². The first-order valence-corrected chi connectivity index (χ1v) is 5.30. The van der Waals surface area contributed by atoms with Crippen molar-refractivity contribution < 1.29 is 9.90 Å². The van der Waals surface area contributed by atoms with Crippen molar-refractivity contribution in [3.05, 3.63) is 10.4 Å². The summed E-state index contributed by atoms with van der Waals surface area (Å²) in [6, 6.07) is 0. The maximum absolute atomic E-state index is 11.0. The van der Waals surface area contributed by atoms with Crippen LogP contribution in [0.2, 0.25) is 0 Å². The van der Waals surface area contributed by atoms with Gasteiger partial charge in [0.05, 0.1) is 0 Å². The zero-order valence-corrected chi connectivity index (χ0v) is 10.3. The summed E-state index contributed by atoms with van der Waals surface area (Å²) < 4.78 is 0. The zero-order valence-electron chi connectivity index (χ0n) is 10.3. The van der Waals surface area contributed by atoms with Crippen molar-refractivity contribution in [2.45, 2.75) is 39.7 Å². The summed E-state index contributed by atoms with van der Waals surface area (Å²) in [6.07, 6.45) is -0.216. The fourth-order valence-electron chi connectivity index (χ4n) is 1.33. The zero-order chi connectivity index (χ0) is 12.8. The van der Waals surface area contributed by atoms with Crippen LogP contribution in [0, 0.1) is 5.92 Å². The summed E-state index contributed by atoms with van der Waals surface area (Å²) in [5.41, 5.74) is 7.77. The van der Waals surface area contributed by atoms with E-state index >= 15 is 0 Å². The van der Waals surface area contributed by atoms with Crippen LogP contribution in [-0.2, 0) is 0 Å². The maximum Gasteiger partial charge on any atom is 0.407 e. The molecule has 6 heteroatoms. The Morgan fingerprint density at radius 3 is 2.50 bits per heavy atom. The molecule has 1 N–H and O–H groups in total. The number of nitrogens with zero attached hydrogens (tertiary/aromatic N) is 4. The van der Waals surface area contributed by atoms with Gasteiger partial charge in [0.2, 0.25) is 0 Å². The third-order valence-corrected chi connectivity index (χ3v) is 2.34. The van der Waals surface area contributed by atoms with Crippen molar-refractivity contribution in [1.82, 2.24) is 4.90 Å². The van der Waals surface area contributed by atoms with E-state index in [1.807, 2.05) is 27.7 Å². The third-order valence-electron chi connectivity index (χ3n) is 2.34. The Hall–Kier alpha value is -1.42. The molecule has 0 saturated heterocycles. The Bertz CT molecular complexity index is 279. The molecule has 0 saturated carbocycles. The molecule has 1 amide bonds. The minimum atomic E-state index is -0.913. The van der Waals surface area contributed by atoms with Gasteiger partial charge in [-0.25, -0.2) is 4.79 Å². The number of hydrogen-bond donors (Lipinski definition) is 1. The van der Waals surface area contributed by atoms with Gasteiger partial charge in [0.25, 0.3) is 0 Å². The van der Waals surface area contributed by atoms with Crippen LogP contribution in [0.1, 0.15) is 34.1 Å². The van der Waals surface area contributed by atoms with E-state index < -0.39 is 11.6 Å². The molecule has 0 heterocycles. The monoisotopic (exact) mass is 228 g/mol. The molecule has 0 bridgehead atoms. The minimum Gasteiger partial charge on any atom is -0.465 e. The molecule has 0 unspecified atom stereocenters. The van der Waals surface area contributed by atoms with Gasteiger partial charge in [0.15, 0.2) is 0 Å². The Kier molecular flexibility index (Phi) is 5.67. The smallest absolute Gasteiger partial charge is 0.407 e. The van der Waals surface area contributed by atoms with Crippen LogP contribution in [0.4, 0.5) is 4.79 Å². The van der Waals surface area contributed by atoms with Gasteiger partial charge in [0.1, 0.15) is 0 Å². The Morgan fingerprint density at radius 1 is 1.56 bits per heavy atom. The molecule has 16 heavy (non-hydrogen) atoms. The lowest BCUT2D eigenvalue weighted by Crippen LogP contribution is -2.45. The first-order valence-electron chi connectivity index (χ1n) is 5.30. The molecule has 0 aliphatic heterocycles. The molecule has 0 spiro atoms. The molecule has 0 radical (unpaired) electrons. The predicted octanol–water partition coefficient (Wildman–Crippen LogP) is 3.10. The number of carboxylic acid groups (broad SMARTS) is 1. The summed E-state index contributed by atoms with van der Waals surface area (Å²) in [6.45, 7) is 8.39. The van der Waals surface area contributed by atoms with E-state index in [9.17, 15) is 4.79 Å². The number of azide groups is 1. The molecule has 0 aromatic carbocycles. The lowest BCUT2D eigenvalue weighted by Gasteiger charge is -2.33. The summed E-state index contributed by atoms with van der Waals surface area (Å²) in [5, 5.41) is 12.5. The van der Waals surface area contributed by atoms with Crippen molar-refractivity contribution in [1.29, 1.82) is 0 Å². The average molecular weight is 228 g/mol. The van der Waals surface area contributed by atoms with E-state index in [0.29, 0.717) is 19.5 Å². The highest BCUT2D eigenvalue weighted by molar-refractivity contribution is 5.65. The summed E-state index contributed by atoms with van der Waals surface area (Å²) >= 11 is 0. The second-order valence-corrected chi connectivity index (χ2v) is 4.91. The fourth-order valence-corrected chi connectivity index (χ4v) is 1.33. The summed E-state index contributed by atoms with van der Waals surface area (Å²) in [7, 11) is 0. The molecule has 92 valence electrons. The van der Waals surface area contributed by atoms with Gasteiger partial charge in [-0.3, -0.25) is 0 Å². The van der Waals surface area contributed by atoms with Gasteiger partial charge >= 0.3 is 6.09 Å². The molecule has 0 rings (SSSR count). The second kappa shape index (κ2) is 6.23. The Morgan fingerprint density at radius 2 is 2.12 bits per heavy atom. The number of amides is 1. The number of carbonyl (C=O) groups is 1. The van der Waals surface area contributed by atoms with Gasteiger partial charge in [0, 0.05) is 23.5 Å². The van der Waals surface area contributed by atoms with Gasteiger partial charge in [-0.1, -0.05) is 12.0 Å². The molecule has 1 atom stereocenters. The molecular formula is C10H20N4O2. The van der Waals surface area contributed by atoms with Crippen LogP contribution in [0.25, 0.3) is 10.4 Å². The maximum atomic E-state index is 11.0. The van der Waals surface area contributed by atoms with Gasteiger partial charge in [-0.15, -0.1) is 0 Å². The molecule has 0 fully saturated rings. The fraction of sp³-hybridized carbons (Fsp3) is 0.900.